The van der Waals surface area contributed by atoms with Crippen LogP contribution in [0.1, 0.15) is 19.8 Å². The van der Waals surface area contributed by atoms with Crippen LogP contribution in [0.4, 0.5) is 0 Å². The van der Waals surface area contributed by atoms with Crippen LogP contribution in [0.15, 0.2) is 53.4 Å². The first-order chi connectivity index (χ1) is 12.4. The Balaban J connectivity index is 1.78. The summed E-state index contributed by atoms with van der Waals surface area (Å²) in [4.78, 5) is 0.265. The van der Waals surface area contributed by atoms with Crippen molar-refractivity contribution in [3.8, 4) is 11.5 Å². The number of sulfonamides is 1. The quantitative estimate of drug-likeness (QED) is 0.563. The van der Waals surface area contributed by atoms with E-state index in [9.17, 15) is 8.42 Å². The molecule has 0 atom stereocenters. The molecule has 0 N–H and O–H groups in total. The molecule has 0 saturated carbocycles. The summed E-state index contributed by atoms with van der Waals surface area (Å²) in [6, 6.07) is 13.6. The lowest BCUT2D eigenvalue weighted by atomic mass is 10.3. The van der Waals surface area contributed by atoms with Gasteiger partial charge in [0.25, 0.3) is 0 Å². The lowest BCUT2D eigenvalue weighted by Crippen LogP contribution is -2.28. The van der Waals surface area contributed by atoms with E-state index < -0.39 is 10.0 Å². The summed E-state index contributed by atoms with van der Waals surface area (Å²) in [7, 11) is -1.90. The first kappa shape index (κ1) is 20.6. The van der Waals surface area contributed by atoms with Gasteiger partial charge < -0.3 is 9.47 Å². The number of unbranched alkanes of at least 4 members (excludes halogenated alkanes) is 1. The van der Waals surface area contributed by atoms with E-state index in [1.807, 2.05) is 19.1 Å². The van der Waals surface area contributed by atoms with Gasteiger partial charge in [-0.15, -0.1) is 0 Å². The minimum atomic E-state index is -3.49. The predicted octanol–water partition coefficient (Wildman–Crippen LogP) is 4.22. The molecule has 0 amide bonds. The summed E-state index contributed by atoms with van der Waals surface area (Å²) in [6.45, 7) is 3.39. The van der Waals surface area contributed by atoms with E-state index in [2.05, 4.69) is 0 Å². The third-order valence-corrected chi connectivity index (χ3v) is 5.92. The van der Waals surface area contributed by atoms with E-state index in [0.717, 1.165) is 12.2 Å². The topological polar surface area (TPSA) is 55.8 Å². The van der Waals surface area contributed by atoms with Crippen molar-refractivity contribution in [3.63, 3.8) is 0 Å². The Hall–Kier alpha value is -1.76. The molecule has 142 valence electrons. The molecule has 0 aliphatic rings. The van der Waals surface area contributed by atoms with Crippen LogP contribution in [0, 0.1) is 0 Å². The molecule has 0 heterocycles. The van der Waals surface area contributed by atoms with Crippen LogP contribution in [0.25, 0.3) is 0 Å². The molecular weight excluding hydrogens is 374 g/mol. The van der Waals surface area contributed by atoms with Gasteiger partial charge in [-0.1, -0.05) is 11.6 Å². The molecule has 26 heavy (non-hydrogen) atoms. The van der Waals surface area contributed by atoms with E-state index in [-0.39, 0.29) is 4.90 Å². The van der Waals surface area contributed by atoms with Gasteiger partial charge in [-0.3, -0.25) is 0 Å². The molecule has 0 radical (unpaired) electrons. The normalized spacial score (nSPS) is 11.5. The van der Waals surface area contributed by atoms with Crippen molar-refractivity contribution < 1.29 is 17.9 Å². The zero-order valence-corrected chi connectivity index (χ0v) is 16.6. The molecule has 0 aliphatic heterocycles. The molecule has 2 rings (SSSR count). The number of hydrogen-bond donors (Lipinski definition) is 0. The van der Waals surface area contributed by atoms with Gasteiger partial charge in [-0.2, -0.15) is 0 Å². The average Bonchev–Trinajstić information content (AvgIpc) is 2.63. The maximum atomic E-state index is 12.6. The maximum absolute atomic E-state index is 12.6. The fourth-order valence-electron chi connectivity index (χ4n) is 2.33. The zero-order valence-electron chi connectivity index (χ0n) is 15.0. The van der Waals surface area contributed by atoms with E-state index in [0.29, 0.717) is 37.0 Å². The molecule has 0 spiro atoms. The van der Waals surface area contributed by atoms with Gasteiger partial charge in [-0.25, -0.2) is 12.7 Å². The maximum Gasteiger partial charge on any atom is 0.242 e. The monoisotopic (exact) mass is 397 g/mol. The van der Waals surface area contributed by atoms with Gasteiger partial charge in [-0.05, 0) is 68.3 Å². The second-order valence-corrected chi connectivity index (χ2v) is 8.22. The van der Waals surface area contributed by atoms with E-state index in [4.69, 9.17) is 21.1 Å². The molecule has 0 aromatic heterocycles. The average molecular weight is 398 g/mol. The number of nitrogens with zero attached hydrogens (tertiary/aromatic N) is 1. The van der Waals surface area contributed by atoms with Crippen molar-refractivity contribution in [1.29, 1.82) is 0 Å². The standard InChI is InChI=1S/C19H24ClNO4S/c1-3-24-17-10-12-19(13-11-17)26(22,23)21(2)14-4-5-15-25-18-8-6-16(20)7-9-18/h6-13H,3-5,14-15H2,1-2H3. The van der Waals surface area contributed by atoms with Gasteiger partial charge in [0.1, 0.15) is 11.5 Å². The summed E-state index contributed by atoms with van der Waals surface area (Å²) < 4.78 is 37.4. The van der Waals surface area contributed by atoms with E-state index >= 15 is 0 Å². The predicted molar refractivity (Wildman–Crippen MR) is 104 cm³/mol. The van der Waals surface area contributed by atoms with E-state index in [1.165, 1.54) is 4.31 Å². The highest BCUT2D eigenvalue weighted by Gasteiger charge is 2.20. The molecule has 0 fully saturated rings. The fraction of sp³-hybridized carbons (Fsp3) is 0.368. The molecular formula is C19H24ClNO4S. The summed E-state index contributed by atoms with van der Waals surface area (Å²) in [5, 5.41) is 0.665. The Labute approximate surface area is 160 Å². The minimum absolute atomic E-state index is 0.265. The molecule has 7 heteroatoms. The van der Waals surface area contributed by atoms with Gasteiger partial charge in [0.05, 0.1) is 18.1 Å². The number of ether oxygens (including phenoxy) is 2. The Bertz CT molecular complexity index is 776. The van der Waals surface area contributed by atoms with Crippen LogP contribution in [-0.2, 0) is 10.0 Å². The summed E-state index contributed by atoms with van der Waals surface area (Å²) >= 11 is 5.82. The highest BCUT2D eigenvalue weighted by atomic mass is 35.5. The Morgan fingerprint density at radius 1 is 0.923 bits per heavy atom. The fourth-order valence-corrected chi connectivity index (χ4v) is 3.67. The van der Waals surface area contributed by atoms with Gasteiger partial charge in [0, 0.05) is 18.6 Å². The van der Waals surface area contributed by atoms with Crippen LogP contribution in [0.3, 0.4) is 0 Å². The number of rotatable bonds is 10. The summed E-state index contributed by atoms with van der Waals surface area (Å²) in [6.07, 6.45) is 1.46. The second-order valence-electron chi connectivity index (χ2n) is 5.74. The summed E-state index contributed by atoms with van der Waals surface area (Å²) in [5.74, 6) is 1.42. The number of hydrogen-bond acceptors (Lipinski definition) is 4. The second kappa shape index (κ2) is 9.80. The van der Waals surface area contributed by atoms with Crippen molar-refractivity contribution in [2.24, 2.45) is 0 Å². The first-order valence-corrected chi connectivity index (χ1v) is 10.3. The molecule has 2 aromatic rings. The molecule has 0 bridgehead atoms. The molecule has 2 aromatic carbocycles. The van der Waals surface area contributed by atoms with Crippen LogP contribution >= 0.6 is 11.6 Å². The third-order valence-electron chi connectivity index (χ3n) is 3.79. The van der Waals surface area contributed by atoms with Crippen LogP contribution in [0.5, 0.6) is 11.5 Å². The zero-order chi connectivity index (χ0) is 19.0. The molecule has 0 saturated heterocycles. The Morgan fingerprint density at radius 3 is 2.12 bits per heavy atom. The molecule has 0 unspecified atom stereocenters. The minimum Gasteiger partial charge on any atom is -0.494 e. The lowest BCUT2D eigenvalue weighted by Gasteiger charge is -2.17. The number of benzene rings is 2. The molecule has 0 aliphatic carbocycles. The third kappa shape index (κ3) is 5.90. The SMILES string of the molecule is CCOc1ccc(S(=O)(=O)N(C)CCCCOc2ccc(Cl)cc2)cc1. The smallest absolute Gasteiger partial charge is 0.242 e. The van der Waals surface area contributed by atoms with Gasteiger partial charge in [0.2, 0.25) is 10.0 Å². The van der Waals surface area contributed by atoms with Crippen molar-refractivity contribution in [1.82, 2.24) is 4.31 Å². The highest BCUT2D eigenvalue weighted by molar-refractivity contribution is 7.89. The van der Waals surface area contributed by atoms with E-state index in [1.54, 1.807) is 43.4 Å². The Morgan fingerprint density at radius 2 is 1.50 bits per heavy atom. The Kier molecular flexibility index (Phi) is 7.75. The first-order valence-electron chi connectivity index (χ1n) is 8.51. The largest absolute Gasteiger partial charge is 0.494 e. The highest BCUT2D eigenvalue weighted by Crippen LogP contribution is 2.19. The van der Waals surface area contributed by atoms with Crippen LogP contribution in [-0.4, -0.2) is 39.5 Å². The van der Waals surface area contributed by atoms with Gasteiger partial charge in [0.15, 0.2) is 0 Å². The van der Waals surface area contributed by atoms with Gasteiger partial charge >= 0.3 is 0 Å². The van der Waals surface area contributed by atoms with Crippen LogP contribution in [0.2, 0.25) is 5.02 Å². The van der Waals surface area contributed by atoms with Crippen molar-refractivity contribution >= 4 is 21.6 Å². The summed E-state index contributed by atoms with van der Waals surface area (Å²) in [5.41, 5.74) is 0. The van der Waals surface area contributed by atoms with Crippen LogP contribution < -0.4 is 9.47 Å². The van der Waals surface area contributed by atoms with Crippen molar-refractivity contribution in [3.05, 3.63) is 53.6 Å². The van der Waals surface area contributed by atoms with Crippen molar-refractivity contribution in [2.45, 2.75) is 24.7 Å². The lowest BCUT2D eigenvalue weighted by molar-refractivity contribution is 0.300. The molecule has 5 nitrogen and oxygen atoms in total. The number of halogens is 1. The van der Waals surface area contributed by atoms with Crippen molar-refractivity contribution in [2.75, 3.05) is 26.8 Å².